The zero-order valence-electron chi connectivity index (χ0n) is 23.3. The second-order valence-corrected chi connectivity index (χ2v) is 11.5. The number of aliphatic hydroxyl groups excluding tert-OH is 1. The molecule has 3 aromatic rings. The van der Waals surface area contributed by atoms with Crippen molar-refractivity contribution in [3.8, 4) is 11.5 Å². The fourth-order valence-corrected chi connectivity index (χ4v) is 5.92. The molecule has 2 N–H and O–H groups in total. The van der Waals surface area contributed by atoms with E-state index in [1.165, 1.54) is 0 Å². The molecule has 0 bridgehead atoms. The topological polar surface area (TPSA) is 82.9 Å². The summed E-state index contributed by atoms with van der Waals surface area (Å²) in [6, 6.07) is 20.1. The van der Waals surface area contributed by atoms with E-state index in [2.05, 4.69) is 13.8 Å². The van der Waals surface area contributed by atoms with Gasteiger partial charge in [-0.25, -0.2) is 0 Å². The maximum absolute atomic E-state index is 14.1. The fraction of sp³-hybridized carbons (Fsp3) is 0.273. The number of ketones is 1. The first-order valence-electron chi connectivity index (χ1n) is 13.2. The molecule has 3 aromatic carbocycles. The van der Waals surface area contributed by atoms with E-state index >= 15 is 0 Å². The predicted molar refractivity (Wildman–Crippen MR) is 160 cm³/mol. The molecule has 0 saturated carbocycles. The molecule has 2 aliphatic rings. The number of aryl methyl sites for hydroxylation is 1. The number of amidine groups is 1. The monoisotopic (exact) mass is 556 g/mol. The van der Waals surface area contributed by atoms with Crippen molar-refractivity contribution in [2.45, 2.75) is 39.5 Å². The number of allylic oxidation sites excluding steroid dienone is 2. The van der Waals surface area contributed by atoms with Gasteiger partial charge in [-0.2, -0.15) is 0 Å². The molecular formula is C33H33ClN2O4. The van der Waals surface area contributed by atoms with E-state index in [0.717, 1.165) is 11.3 Å². The Labute approximate surface area is 240 Å². The van der Waals surface area contributed by atoms with Crippen LogP contribution in [0, 0.1) is 17.7 Å². The van der Waals surface area contributed by atoms with E-state index in [4.69, 9.17) is 21.1 Å². The highest BCUT2D eigenvalue weighted by molar-refractivity contribution is 6.32. The summed E-state index contributed by atoms with van der Waals surface area (Å²) in [4.78, 5) is 15.9. The molecule has 0 aromatic heterocycles. The van der Waals surface area contributed by atoms with E-state index in [1.54, 1.807) is 43.4 Å². The highest BCUT2D eigenvalue weighted by Crippen LogP contribution is 2.53. The lowest BCUT2D eigenvalue weighted by Gasteiger charge is -2.45. The van der Waals surface area contributed by atoms with Gasteiger partial charge >= 0.3 is 0 Å². The maximum Gasteiger partial charge on any atom is 0.162 e. The Morgan fingerprint density at radius 1 is 1.02 bits per heavy atom. The van der Waals surface area contributed by atoms with Crippen molar-refractivity contribution < 1.29 is 19.4 Å². The van der Waals surface area contributed by atoms with Crippen molar-refractivity contribution in [3.05, 3.63) is 105 Å². The van der Waals surface area contributed by atoms with Crippen LogP contribution < -0.4 is 14.4 Å². The lowest BCUT2D eigenvalue weighted by atomic mass is 9.67. The van der Waals surface area contributed by atoms with E-state index in [-0.39, 0.29) is 22.8 Å². The largest absolute Gasteiger partial charge is 0.507 e. The first-order valence-corrected chi connectivity index (χ1v) is 13.6. The normalized spacial score (nSPS) is 19.9. The van der Waals surface area contributed by atoms with Crippen molar-refractivity contribution in [2.75, 3.05) is 19.1 Å². The first-order chi connectivity index (χ1) is 19.1. The van der Waals surface area contributed by atoms with E-state index in [1.807, 2.05) is 49.4 Å². The van der Waals surface area contributed by atoms with E-state index in [9.17, 15) is 15.3 Å². The second kappa shape index (κ2) is 10.5. The lowest BCUT2D eigenvalue weighted by molar-refractivity contribution is -0.118. The number of Topliss-reactive ketones (excluding diaryl/α,β-unsaturated/α-hetero) is 1. The number of methoxy groups -OCH3 is 2. The van der Waals surface area contributed by atoms with Crippen molar-refractivity contribution in [2.24, 2.45) is 5.41 Å². The second-order valence-electron chi connectivity index (χ2n) is 11.1. The summed E-state index contributed by atoms with van der Waals surface area (Å²) in [5.41, 5.74) is 4.00. The van der Waals surface area contributed by atoms with Gasteiger partial charge in [0.1, 0.15) is 23.1 Å². The zero-order chi connectivity index (χ0) is 28.8. The summed E-state index contributed by atoms with van der Waals surface area (Å²) >= 11 is 6.56. The minimum absolute atomic E-state index is 0.0322. The van der Waals surface area contributed by atoms with Crippen LogP contribution in [-0.4, -0.2) is 30.9 Å². The molecule has 7 heteroatoms. The van der Waals surface area contributed by atoms with E-state index < -0.39 is 5.92 Å². The molecule has 0 saturated heterocycles. The molecule has 0 radical (unpaired) electrons. The van der Waals surface area contributed by atoms with Crippen molar-refractivity contribution in [1.29, 1.82) is 5.41 Å². The molecule has 0 fully saturated rings. The maximum atomic E-state index is 14.1. The third kappa shape index (κ3) is 4.77. The molecule has 206 valence electrons. The van der Waals surface area contributed by atoms with Gasteiger partial charge in [0.25, 0.3) is 0 Å². The molecule has 1 heterocycles. The van der Waals surface area contributed by atoms with E-state index in [0.29, 0.717) is 57.3 Å². The Morgan fingerprint density at radius 3 is 2.40 bits per heavy atom. The summed E-state index contributed by atoms with van der Waals surface area (Å²) in [5, 5.41) is 22.0. The van der Waals surface area contributed by atoms with Gasteiger partial charge in [-0.15, -0.1) is 0 Å². The number of carbonyl (C=O) groups is 1. The number of halogens is 1. The highest BCUT2D eigenvalue weighted by atomic mass is 35.5. The lowest BCUT2D eigenvalue weighted by Crippen LogP contribution is -2.45. The average molecular weight is 557 g/mol. The molecule has 0 amide bonds. The zero-order valence-corrected chi connectivity index (χ0v) is 24.1. The van der Waals surface area contributed by atoms with Crippen molar-refractivity contribution in [3.63, 3.8) is 0 Å². The number of hydrogen-bond donors (Lipinski definition) is 2. The van der Waals surface area contributed by atoms with Crippen LogP contribution in [-0.2, 0) is 4.79 Å². The quantitative estimate of drug-likeness (QED) is 0.312. The van der Waals surface area contributed by atoms with Crippen molar-refractivity contribution >= 4 is 34.7 Å². The molecule has 40 heavy (non-hydrogen) atoms. The minimum Gasteiger partial charge on any atom is -0.507 e. The predicted octanol–water partition coefficient (Wildman–Crippen LogP) is 7.86. The van der Waals surface area contributed by atoms with Gasteiger partial charge in [0.15, 0.2) is 5.78 Å². The van der Waals surface area contributed by atoms with Crippen LogP contribution in [0.5, 0.6) is 11.5 Å². The molecule has 0 unspecified atom stereocenters. The van der Waals surface area contributed by atoms with Gasteiger partial charge < -0.3 is 14.6 Å². The Bertz CT molecular complexity index is 1570. The smallest absolute Gasteiger partial charge is 0.162 e. The summed E-state index contributed by atoms with van der Waals surface area (Å²) in [6.07, 6.45) is 0.897. The third-order valence-corrected chi connectivity index (χ3v) is 8.09. The van der Waals surface area contributed by atoms with Gasteiger partial charge in [0.05, 0.1) is 20.1 Å². The Kier molecular flexibility index (Phi) is 7.23. The number of carbonyl (C=O) groups excluding carboxylic acids is 1. The van der Waals surface area contributed by atoms with Crippen LogP contribution in [0.3, 0.4) is 0 Å². The molecule has 0 spiro atoms. The number of ether oxygens (including phenoxy) is 2. The Balaban J connectivity index is 1.90. The first kappa shape index (κ1) is 27.5. The number of rotatable bonds is 5. The minimum atomic E-state index is -0.756. The van der Waals surface area contributed by atoms with Crippen LogP contribution in [0.15, 0.2) is 83.6 Å². The summed E-state index contributed by atoms with van der Waals surface area (Å²) < 4.78 is 11.3. The van der Waals surface area contributed by atoms with Gasteiger partial charge in [0, 0.05) is 45.1 Å². The van der Waals surface area contributed by atoms with Crippen LogP contribution in [0.4, 0.5) is 5.69 Å². The Hall–Kier alpha value is -4.03. The third-order valence-electron chi connectivity index (χ3n) is 7.69. The summed E-state index contributed by atoms with van der Waals surface area (Å²) in [7, 11) is 3.15. The fourth-order valence-electron chi connectivity index (χ4n) is 5.75. The standard InChI is InChI=1S/C33H33ClN2O4/c1-19-11-12-21(15-24(19)34)36-25-17-33(2,3)18-26(37)29(25)28(23-16-22(39-4)13-14-27(23)40-5)30(32(36)35)31(38)20-9-7-6-8-10-20/h6-16,28,35,38H,17-18H2,1-5H3/b31-30+,35-32?/t28-/m0/s1. The summed E-state index contributed by atoms with van der Waals surface area (Å²) in [6.45, 7) is 6.04. The number of aliphatic hydroxyl groups is 1. The average Bonchev–Trinajstić information content (AvgIpc) is 2.93. The highest BCUT2D eigenvalue weighted by Gasteiger charge is 2.47. The number of nitrogens with one attached hydrogen (secondary N) is 1. The SMILES string of the molecule is COc1ccc(OC)c([C@H]2C3=C(CC(C)(C)CC3=O)N(c3ccc(C)c(Cl)c3)C(=N)/C2=C(/O)c2ccccc2)c1. The number of nitrogens with zero attached hydrogens (tertiary/aromatic N) is 1. The Morgan fingerprint density at radius 2 is 1.75 bits per heavy atom. The number of benzene rings is 3. The molecule has 5 rings (SSSR count). The van der Waals surface area contributed by atoms with Crippen molar-refractivity contribution in [1.82, 2.24) is 0 Å². The molecule has 1 aliphatic carbocycles. The van der Waals surface area contributed by atoms with Crippen LogP contribution in [0.1, 0.15) is 49.3 Å². The molecule has 1 atom stereocenters. The van der Waals surface area contributed by atoms with Gasteiger partial charge in [-0.3, -0.25) is 15.1 Å². The van der Waals surface area contributed by atoms with Crippen LogP contribution in [0.25, 0.3) is 5.76 Å². The molecule has 1 aliphatic heterocycles. The number of anilines is 1. The van der Waals surface area contributed by atoms with Gasteiger partial charge in [-0.1, -0.05) is 61.8 Å². The summed E-state index contributed by atoms with van der Waals surface area (Å²) in [5.74, 6) is 0.324. The molecule has 6 nitrogen and oxygen atoms in total. The van der Waals surface area contributed by atoms with Crippen LogP contribution >= 0.6 is 11.6 Å². The van der Waals surface area contributed by atoms with Gasteiger partial charge in [0.2, 0.25) is 0 Å². The van der Waals surface area contributed by atoms with Gasteiger partial charge in [-0.05, 0) is 54.7 Å². The van der Waals surface area contributed by atoms with Crippen LogP contribution in [0.2, 0.25) is 5.02 Å². The molecular weight excluding hydrogens is 524 g/mol. The number of hydrogen-bond acceptors (Lipinski definition) is 5.